The van der Waals surface area contributed by atoms with Crippen molar-refractivity contribution in [2.24, 2.45) is 5.41 Å². The van der Waals surface area contributed by atoms with Gasteiger partial charge in [0.2, 0.25) is 0 Å². The zero-order chi connectivity index (χ0) is 14.0. The van der Waals surface area contributed by atoms with Crippen LogP contribution in [0.25, 0.3) is 0 Å². The summed E-state index contributed by atoms with van der Waals surface area (Å²) in [4.78, 5) is 2.47. The predicted octanol–water partition coefficient (Wildman–Crippen LogP) is 4.59. The molecule has 2 N–H and O–H groups in total. The maximum Gasteiger partial charge on any atom is 0.0693 e. The maximum absolute atomic E-state index is 6.08. The summed E-state index contributed by atoms with van der Waals surface area (Å²) in [6, 6.07) is 3.85. The molecule has 2 nitrogen and oxygen atoms in total. The number of benzene rings is 1. The molecule has 0 aliphatic carbocycles. The van der Waals surface area contributed by atoms with Crippen LogP contribution >= 0.6 is 23.2 Å². The van der Waals surface area contributed by atoms with E-state index in [1.165, 1.54) is 19.3 Å². The first-order valence-electron chi connectivity index (χ1n) is 6.89. The van der Waals surface area contributed by atoms with Crippen molar-refractivity contribution in [3.05, 3.63) is 27.7 Å². The summed E-state index contributed by atoms with van der Waals surface area (Å²) < 4.78 is 0. The van der Waals surface area contributed by atoms with E-state index in [0.717, 1.165) is 25.2 Å². The highest BCUT2D eigenvalue weighted by Gasteiger charge is 2.28. The summed E-state index contributed by atoms with van der Waals surface area (Å²) >= 11 is 12.2. The molecule has 1 heterocycles. The topological polar surface area (TPSA) is 29.3 Å². The fourth-order valence-corrected chi connectivity index (χ4v) is 3.12. The van der Waals surface area contributed by atoms with Crippen LogP contribution in [0, 0.1) is 5.41 Å². The fourth-order valence-electron chi connectivity index (χ4n) is 2.59. The van der Waals surface area contributed by atoms with Crippen molar-refractivity contribution >= 4 is 28.9 Å². The Kier molecular flexibility index (Phi) is 4.65. The molecular weight excluding hydrogens is 279 g/mol. The van der Waals surface area contributed by atoms with Crippen molar-refractivity contribution in [2.45, 2.75) is 39.7 Å². The van der Waals surface area contributed by atoms with Gasteiger partial charge in [0.25, 0.3) is 0 Å². The number of nitrogen functional groups attached to an aromatic ring is 1. The summed E-state index contributed by atoms with van der Waals surface area (Å²) in [5, 5.41) is 1.11. The van der Waals surface area contributed by atoms with Gasteiger partial charge < -0.3 is 5.73 Å². The Balaban J connectivity index is 2.00. The molecule has 106 valence electrons. The molecule has 1 aromatic rings. The number of rotatable bonds is 3. The van der Waals surface area contributed by atoms with Crippen LogP contribution in [0.5, 0.6) is 0 Å². The molecule has 0 saturated carbocycles. The SMILES string of the molecule is CCC1(C)CCN(Cc2cc(Cl)c(N)c(Cl)c2)CC1. The van der Waals surface area contributed by atoms with Gasteiger partial charge in [-0.15, -0.1) is 0 Å². The average Bonchev–Trinajstić information content (AvgIpc) is 2.39. The Bertz CT molecular complexity index is 428. The first kappa shape index (κ1) is 15.0. The molecule has 0 atom stereocenters. The van der Waals surface area contributed by atoms with Crippen LogP contribution in [0.15, 0.2) is 12.1 Å². The zero-order valence-corrected chi connectivity index (χ0v) is 13.2. The van der Waals surface area contributed by atoms with Crippen LogP contribution in [-0.2, 0) is 6.54 Å². The predicted molar refractivity (Wildman–Crippen MR) is 83.8 cm³/mol. The highest BCUT2D eigenvalue weighted by Crippen LogP contribution is 2.35. The largest absolute Gasteiger partial charge is 0.396 e. The van der Waals surface area contributed by atoms with Crippen LogP contribution in [0.4, 0.5) is 5.69 Å². The van der Waals surface area contributed by atoms with Gasteiger partial charge in [-0.25, -0.2) is 0 Å². The van der Waals surface area contributed by atoms with Crippen molar-refractivity contribution < 1.29 is 0 Å². The van der Waals surface area contributed by atoms with E-state index in [1.807, 2.05) is 12.1 Å². The molecule has 1 aliphatic heterocycles. The van der Waals surface area contributed by atoms with E-state index in [1.54, 1.807) is 0 Å². The quantitative estimate of drug-likeness (QED) is 0.827. The lowest BCUT2D eigenvalue weighted by molar-refractivity contribution is 0.109. The van der Waals surface area contributed by atoms with E-state index in [-0.39, 0.29) is 0 Å². The van der Waals surface area contributed by atoms with Gasteiger partial charge in [-0.05, 0) is 49.0 Å². The molecule has 0 radical (unpaired) electrons. The van der Waals surface area contributed by atoms with E-state index in [2.05, 4.69) is 18.7 Å². The second kappa shape index (κ2) is 5.90. The van der Waals surface area contributed by atoms with E-state index in [0.29, 0.717) is 21.1 Å². The van der Waals surface area contributed by atoms with E-state index >= 15 is 0 Å². The fraction of sp³-hybridized carbons (Fsp3) is 0.600. The van der Waals surface area contributed by atoms with Crippen LogP contribution in [0.2, 0.25) is 10.0 Å². The number of nitrogens with zero attached hydrogens (tertiary/aromatic N) is 1. The molecule has 1 fully saturated rings. The molecule has 0 spiro atoms. The minimum absolute atomic E-state index is 0.476. The van der Waals surface area contributed by atoms with Gasteiger partial charge in [0, 0.05) is 6.54 Å². The Hall–Kier alpha value is -0.440. The summed E-state index contributed by atoms with van der Waals surface area (Å²) in [6.45, 7) is 7.86. The standard InChI is InChI=1S/C15H22Cl2N2/c1-3-15(2)4-6-19(7-5-15)10-11-8-12(16)14(18)13(17)9-11/h8-9H,3-7,10,18H2,1-2H3. The summed E-state index contributed by atoms with van der Waals surface area (Å²) in [5.41, 5.74) is 7.90. The van der Waals surface area contributed by atoms with Crippen LogP contribution in [0.1, 0.15) is 38.7 Å². The Morgan fingerprint density at radius 2 is 1.74 bits per heavy atom. The van der Waals surface area contributed by atoms with Gasteiger partial charge in [0.15, 0.2) is 0 Å². The molecule has 2 rings (SSSR count). The number of piperidine rings is 1. The van der Waals surface area contributed by atoms with Gasteiger partial charge in [0.1, 0.15) is 0 Å². The molecule has 4 heteroatoms. The van der Waals surface area contributed by atoms with E-state index in [9.17, 15) is 0 Å². The molecule has 1 aliphatic rings. The lowest BCUT2D eigenvalue weighted by Gasteiger charge is -2.39. The smallest absolute Gasteiger partial charge is 0.0693 e. The average molecular weight is 301 g/mol. The lowest BCUT2D eigenvalue weighted by atomic mass is 9.78. The highest BCUT2D eigenvalue weighted by molar-refractivity contribution is 6.38. The Morgan fingerprint density at radius 3 is 2.21 bits per heavy atom. The second-order valence-corrected chi connectivity index (χ2v) is 6.73. The molecular formula is C15H22Cl2N2. The van der Waals surface area contributed by atoms with Crippen molar-refractivity contribution in [3.8, 4) is 0 Å². The zero-order valence-electron chi connectivity index (χ0n) is 11.7. The molecule has 1 aromatic carbocycles. The Morgan fingerprint density at radius 1 is 1.21 bits per heavy atom. The van der Waals surface area contributed by atoms with E-state index in [4.69, 9.17) is 28.9 Å². The van der Waals surface area contributed by atoms with Gasteiger partial charge >= 0.3 is 0 Å². The lowest BCUT2D eigenvalue weighted by Crippen LogP contribution is -2.37. The molecule has 19 heavy (non-hydrogen) atoms. The summed E-state index contributed by atoms with van der Waals surface area (Å²) in [7, 11) is 0. The molecule has 1 saturated heterocycles. The molecule has 0 bridgehead atoms. The second-order valence-electron chi connectivity index (χ2n) is 5.91. The number of nitrogens with two attached hydrogens (primary N) is 1. The minimum atomic E-state index is 0.476. The van der Waals surface area contributed by atoms with Gasteiger partial charge in [-0.2, -0.15) is 0 Å². The van der Waals surface area contributed by atoms with Gasteiger partial charge in [0.05, 0.1) is 15.7 Å². The Labute approximate surface area is 125 Å². The van der Waals surface area contributed by atoms with Crippen molar-refractivity contribution in [2.75, 3.05) is 18.8 Å². The monoisotopic (exact) mass is 300 g/mol. The van der Waals surface area contributed by atoms with Crippen LogP contribution in [-0.4, -0.2) is 18.0 Å². The van der Waals surface area contributed by atoms with Crippen molar-refractivity contribution in [1.29, 1.82) is 0 Å². The third-order valence-electron chi connectivity index (χ3n) is 4.46. The first-order valence-corrected chi connectivity index (χ1v) is 7.65. The minimum Gasteiger partial charge on any atom is -0.396 e. The maximum atomic E-state index is 6.08. The molecule has 0 aromatic heterocycles. The van der Waals surface area contributed by atoms with Crippen molar-refractivity contribution in [1.82, 2.24) is 4.90 Å². The normalized spacial score (nSPS) is 19.6. The third kappa shape index (κ3) is 3.56. The van der Waals surface area contributed by atoms with Crippen LogP contribution in [0.3, 0.4) is 0 Å². The van der Waals surface area contributed by atoms with E-state index < -0.39 is 0 Å². The van der Waals surface area contributed by atoms with Gasteiger partial charge in [-0.1, -0.05) is 43.5 Å². The van der Waals surface area contributed by atoms with Gasteiger partial charge in [-0.3, -0.25) is 4.90 Å². The number of anilines is 1. The van der Waals surface area contributed by atoms with Crippen molar-refractivity contribution in [3.63, 3.8) is 0 Å². The molecule has 0 unspecified atom stereocenters. The number of hydrogen-bond donors (Lipinski definition) is 1. The highest BCUT2D eigenvalue weighted by atomic mass is 35.5. The number of hydrogen-bond acceptors (Lipinski definition) is 2. The molecule has 0 amide bonds. The third-order valence-corrected chi connectivity index (χ3v) is 5.09. The summed E-state index contributed by atoms with van der Waals surface area (Å²) in [6.07, 6.45) is 3.79. The first-order chi connectivity index (χ1) is 8.93. The summed E-state index contributed by atoms with van der Waals surface area (Å²) in [5.74, 6) is 0. The van der Waals surface area contributed by atoms with Crippen LogP contribution < -0.4 is 5.73 Å². The number of likely N-dealkylation sites (tertiary alicyclic amines) is 1. The number of halogens is 2.